The van der Waals surface area contributed by atoms with E-state index in [-0.39, 0.29) is 29.3 Å². The zero-order chi connectivity index (χ0) is 31.7. The van der Waals surface area contributed by atoms with Crippen molar-refractivity contribution in [3.05, 3.63) is 90.0 Å². The summed E-state index contributed by atoms with van der Waals surface area (Å²) in [6, 6.07) is 22.0. The van der Waals surface area contributed by atoms with Crippen LogP contribution in [0.4, 0.5) is 5.69 Å². The first-order valence-corrected chi connectivity index (χ1v) is 17.0. The van der Waals surface area contributed by atoms with E-state index in [1.54, 1.807) is 37.4 Å². The molecule has 1 N–H and O–H groups in total. The molecule has 4 rings (SSSR count). The molecule has 44 heavy (non-hydrogen) atoms. The van der Waals surface area contributed by atoms with Crippen molar-refractivity contribution in [2.24, 2.45) is 0 Å². The Labute approximate surface area is 262 Å². The normalized spacial score (nSPS) is 14.6. The van der Waals surface area contributed by atoms with Crippen molar-refractivity contribution in [1.29, 1.82) is 0 Å². The predicted octanol–water partition coefficient (Wildman–Crippen LogP) is 6.27. The first-order valence-electron chi connectivity index (χ1n) is 15.5. The summed E-state index contributed by atoms with van der Waals surface area (Å²) in [6.45, 7) is 5.67. The van der Waals surface area contributed by atoms with Gasteiger partial charge in [-0.1, -0.05) is 82.5 Å². The largest absolute Gasteiger partial charge is 0.497 e. The molecule has 3 aromatic carbocycles. The monoisotopic (exact) mass is 619 g/mol. The zero-order valence-corrected chi connectivity index (χ0v) is 27.1. The third-order valence-electron chi connectivity index (χ3n) is 8.28. The van der Waals surface area contributed by atoms with E-state index in [2.05, 4.69) is 19.2 Å². The summed E-state index contributed by atoms with van der Waals surface area (Å²) in [5.74, 6) is 0.213. The quantitative estimate of drug-likeness (QED) is 0.243. The fourth-order valence-corrected chi connectivity index (χ4v) is 7.14. The van der Waals surface area contributed by atoms with Gasteiger partial charge in [0.25, 0.3) is 10.0 Å². The predicted molar refractivity (Wildman–Crippen MR) is 174 cm³/mol. The van der Waals surface area contributed by atoms with E-state index >= 15 is 0 Å². The standard InChI is InChI=1S/C35H45N3O5S/c1-5-33(35(40)36-29-14-8-6-9-15-29)37(24-27-13-12-16-31(23-27)43-4)34(39)25-38(30-21-19-28(20-22-30)26(2)3)44(41,42)32-17-10-7-11-18-32/h7,10-13,16-23,26,29,33H,5-6,8-9,14-15,24-25H2,1-4H3,(H,36,40)/t33-/m1/s1. The van der Waals surface area contributed by atoms with Crippen molar-refractivity contribution >= 4 is 27.5 Å². The molecule has 0 bridgehead atoms. The van der Waals surface area contributed by atoms with Crippen molar-refractivity contribution in [3.8, 4) is 5.75 Å². The molecule has 0 aromatic heterocycles. The molecule has 3 aromatic rings. The summed E-state index contributed by atoms with van der Waals surface area (Å²) in [5, 5.41) is 3.18. The molecular formula is C35H45N3O5S. The van der Waals surface area contributed by atoms with Crippen molar-refractivity contribution in [2.45, 2.75) is 88.7 Å². The summed E-state index contributed by atoms with van der Waals surface area (Å²) in [5.41, 5.74) is 2.22. The summed E-state index contributed by atoms with van der Waals surface area (Å²) in [6.07, 6.45) is 5.51. The Bertz CT molecular complexity index is 1490. The second-order valence-electron chi connectivity index (χ2n) is 11.7. The second-order valence-corrected chi connectivity index (χ2v) is 13.6. The van der Waals surface area contributed by atoms with Gasteiger partial charge in [0.1, 0.15) is 18.3 Å². The first-order chi connectivity index (χ1) is 21.1. The molecule has 1 atom stereocenters. The number of ether oxygens (including phenoxy) is 1. The Morgan fingerprint density at radius 3 is 2.23 bits per heavy atom. The lowest BCUT2D eigenvalue weighted by molar-refractivity contribution is -0.140. The number of carbonyl (C=O) groups excluding carboxylic acids is 2. The molecule has 0 radical (unpaired) electrons. The fourth-order valence-electron chi connectivity index (χ4n) is 5.71. The van der Waals surface area contributed by atoms with E-state index in [4.69, 9.17) is 4.74 Å². The number of rotatable bonds is 13. The van der Waals surface area contributed by atoms with Crippen molar-refractivity contribution < 1.29 is 22.7 Å². The number of hydrogen-bond acceptors (Lipinski definition) is 5. The number of anilines is 1. The van der Waals surface area contributed by atoms with Crippen LogP contribution in [-0.2, 0) is 26.2 Å². The highest BCUT2D eigenvalue weighted by molar-refractivity contribution is 7.92. The van der Waals surface area contributed by atoms with Crippen LogP contribution < -0.4 is 14.4 Å². The molecule has 1 fully saturated rings. The number of benzene rings is 3. The lowest BCUT2D eigenvalue weighted by Gasteiger charge is -2.34. The third-order valence-corrected chi connectivity index (χ3v) is 10.1. The number of sulfonamides is 1. The molecule has 8 nitrogen and oxygen atoms in total. The van der Waals surface area contributed by atoms with Crippen molar-refractivity contribution in [3.63, 3.8) is 0 Å². The fraction of sp³-hybridized carbons (Fsp3) is 0.429. The van der Waals surface area contributed by atoms with Gasteiger partial charge in [-0.2, -0.15) is 0 Å². The van der Waals surface area contributed by atoms with Crippen LogP contribution in [0.25, 0.3) is 0 Å². The highest BCUT2D eigenvalue weighted by atomic mass is 32.2. The van der Waals surface area contributed by atoms with Crippen LogP contribution in [0.2, 0.25) is 0 Å². The maximum absolute atomic E-state index is 14.3. The topological polar surface area (TPSA) is 96.0 Å². The van der Waals surface area contributed by atoms with Gasteiger partial charge >= 0.3 is 0 Å². The molecule has 9 heteroatoms. The number of amides is 2. The van der Waals surface area contributed by atoms with Gasteiger partial charge < -0.3 is 15.0 Å². The van der Waals surface area contributed by atoms with Crippen LogP contribution in [0, 0.1) is 0 Å². The molecule has 2 amide bonds. The number of carbonyl (C=O) groups is 2. The number of nitrogens with zero attached hydrogens (tertiary/aromatic N) is 2. The molecule has 0 saturated heterocycles. The summed E-state index contributed by atoms with van der Waals surface area (Å²) in [7, 11) is -2.53. The minimum Gasteiger partial charge on any atom is -0.497 e. The molecule has 0 unspecified atom stereocenters. The van der Waals surface area contributed by atoms with E-state index in [1.807, 2.05) is 43.3 Å². The van der Waals surface area contributed by atoms with E-state index < -0.39 is 28.5 Å². The molecule has 236 valence electrons. The lowest BCUT2D eigenvalue weighted by atomic mass is 9.95. The Balaban J connectivity index is 1.71. The summed E-state index contributed by atoms with van der Waals surface area (Å²) >= 11 is 0. The van der Waals surface area contributed by atoms with Crippen LogP contribution in [0.1, 0.15) is 76.3 Å². The summed E-state index contributed by atoms with van der Waals surface area (Å²) in [4.78, 5) is 29.7. The zero-order valence-electron chi connectivity index (χ0n) is 26.2. The number of nitrogens with one attached hydrogen (secondary N) is 1. The van der Waals surface area contributed by atoms with Gasteiger partial charge in [-0.3, -0.25) is 13.9 Å². The summed E-state index contributed by atoms with van der Waals surface area (Å²) < 4.78 is 34.6. The van der Waals surface area contributed by atoms with Crippen LogP contribution in [0.15, 0.2) is 83.8 Å². The minimum absolute atomic E-state index is 0.0773. The van der Waals surface area contributed by atoms with E-state index in [1.165, 1.54) is 17.0 Å². The number of hydrogen-bond donors (Lipinski definition) is 1. The Morgan fingerprint density at radius 1 is 0.932 bits per heavy atom. The third kappa shape index (κ3) is 8.20. The Kier molecular flexibility index (Phi) is 11.4. The molecule has 0 aliphatic heterocycles. The van der Waals surface area contributed by atoms with Gasteiger partial charge in [0.15, 0.2) is 0 Å². The smallest absolute Gasteiger partial charge is 0.264 e. The van der Waals surface area contributed by atoms with Gasteiger partial charge in [-0.15, -0.1) is 0 Å². The van der Waals surface area contributed by atoms with E-state index in [0.29, 0.717) is 17.9 Å². The van der Waals surface area contributed by atoms with Crippen molar-refractivity contribution in [2.75, 3.05) is 18.0 Å². The molecule has 1 aliphatic rings. The maximum atomic E-state index is 14.3. The first kappa shape index (κ1) is 33.1. The average molecular weight is 620 g/mol. The van der Waals surface area contributed by atoms with Crippen LogP contribution in [0.5, 0.6) is 5.75 Å². The Hall–Kier alpha value is -3.85. The highest BCUT2D eigenvalue weighted by Crippen LogP contribution is 2.27. The highest BCUT2D eigenvalue weighted by Gasteiger charge is 2.34. The van der Waals surface area contributed by atoms with Gasteiger partial charge in [-0.25, -0.2) is 8.42 Å². The van der Waals surface area contributed by atoms with Crippen LogP contribution in [-0.4, -0.2) is 50.9 Å². The lowest BCUT2D eigenvalue weighted by Crippen LogP contribution is -2.54. The SMILES string of the molecule is CC[C@H](C(=O)NC1CCCCC1)N(Cc1cccc(OC)c1)C(=O)CN(c1ccc(C(C)C)cc1)S(=O)(=O)c1ccccc1. The van der Waals surface area contributed by atoms with Crippen LogP contribution >= 0.6 is 0 Å². The van der Waals surface area contributed by atoms with E-state index in [9.17, 15) is 18.0 Å². The molecule has 1 aliphatic carbocycles. The van der Waals surface area contributed by atoms with Gasteiger partial charge in [0.05, 0.1) is 17.7 Å². The maximum Gasteiger partial charge on any atom is 0.264 e. The minimum atomic E-state index is -4.11. The number of methoxy groups -OCH3 is 1. The average Bonchev–Trinajstić information content (AvgIpc) is 3.04. The van der Waals surface area contributed by atoms with Gasteiger partial charge in [0, 0.05) is 12.6 Å². The molecule has 0 spiro atoms. The molecular weight excluding hydrogens is 574 g/mol. The second kappa shape index (κ2) is 15.2. The van der Waals surface area contributed by atoms with Gasteiger partial charge in [0.2, 0.25) is 11.8 Å². The van der Waals surface area contributed by atoms with Gasteiger partial charge in [-0.05, 0) is 72.7 Å². The van der Waals surface area contributed by atoms with Crippen LogP contribution in [0.3, 0.4) is 0 Å². The molecule has 1 saturated carbocycles. The van der Waals surface area contributed by atoms with E-state index in [0.717, 1.165) is 47.5 Å². The Morgan fingerprint density at radius 2 is 1.61 bits per heavy atom. The van der Waals surface area contributed by atoms with Crippen molar-refractivity contribution in [1.82, 2.24) is 10.2 Å². The molecule has 0 heterocycles.